The van der Waals surface area contributed by atoms with Gasteiger partial charge in [0.05, 0.1) is 19.0 Å². The van der Waals surface area contributed by atoms with Crippen molar-refractivity contribution in [3.63, 3.8) is 0 Å². The lowest BCUT2D eigenvalue weighted by Crippen LogP contribution is -2.45. The maximum Gasteiger partial charge on any atom is 0.259 e. The number of phenolic OH excluding ortho intramolecular Hbond substituents is 1. The van der Waals surface area contributed by atoms with E-state index in [1.54, 1.807) is 24.3 Å². The van der Waals surface area contributed by atoms with Crippen LogP contribution in [0.2, 0.25) is 0 Å². The maximum atomic E-state index is 9.88. The van der Waals surface area contributed by atoms with Gasteiger partial charge in [-0.2, -0.15) is 5.10 Å². The second-order valence-electron chi connectivity index (χ2n) is 4.62. The fraction of sp³-hybridized carbons (Fsp3) is 0.0667. The Morgan fingerprint density at radius 1 is 1.26 bits per heavy atom. The van der Waals surface area contributed by atoms with Crippen LogP contribution in [0.25, 0.3) is 0 Å². The largest absolute Gasteiger partial charge is 0.507 e. The number of aromatic hydroxyl groups is 1. The van der Waals surface area contributed by atoms with Crippen LogP contribution in [0.4, 0.5) is 5.69 Å². The summed E-state index contributed by atoms with van der Waals surface area (Å²) in [6.07, 6.45) is 1.50. The smallest absolute Gasteiger partial charge is 0.259 e. The normalized spacial score (nSPS) is 13.8. The third-order valence-corrected chi connectivity index (χ3v) is 3.16. The standard InChI is InChI=1S/C15H16N6O2/c1-23-13-8-7-11(14(22)9-13)10-16-17-15-18-19-20-21(15)12-5-3-2-4-6-12/h2-10,19-20,22H,1H3,(H,17,18)/b16-10+. The number of anilines is 1. The van der Waals surface area contributed by atoms with Gasteiger partial charge in [0.25, 0.3) is 5.96 Å². The van der Waals surface area contributed by atoms with Gasteiger partial charge >= 0.3 is 0 Å². The average molecular weight is 312 g/mol. The van der Waals surface area contributed by atoms with E-state index >= 15 is 0 Å². The Bertz CT molecular complexity index is 732. The molecule has 0 spiro atoms. The summed E-state index contributed by atoms with van der Waals surface area (Å²) in [6, 6.07) is 14.6. The molecule has 0 radical (unpaired) electrons. The number of hydrazine groups is 2. The van der Waals surface area contributed by atoms with Gasteiger partial charge in [0.15, 0.2) is 0 Å². The molecular formula is C15H16N6O2. The summed E-state index contributed by atoms with van der Waals surface area (Å²) >= 11 is 0. The van der Waals surface area contributed by atoms with Gasteiger partial charge < -0.3 is 9.84 Å². The number of hydrogen-bond acceptors (Lipinski definition) is 8. The van der Waals surface area contributed by atoms with Crippen molar-refractivity contribution >= 4 is 17.9 Å². The second kappa shape index (κ2) is 6.67. The first kappa shape index (κ1) is 14.7. The van der Waals surface area contributed by atoms with E-state index in [1.807, 2.05) is 30.3 Å². The van der Waals surface area contributed by atoms with Crippen molar-refractivity contribution in [3.05, 3.63) is 54.1 Å². The fourth-order valence-electron chi connectivity index (χ4n) is 1.99. The second-order valence-corrected chi connectivity index (χ2v) is 4.62. The lowest BCUT2D eigenvalue weighted by atomic mass is 10.2. The predicted molar refractivity (Wildman–Crippen MR) is 88.0 cm³/mol. The number of benzene rings is 2. The molecule has 118 valence electrons. The first-order valence-electron chi connectivity index (χ1n) is 6.87. The first-order chi connectivity index (χ1) is 11.3. The van der Waals surface area contributed by atoms with Crippen molar-refractivity contribution in [2.24, 2.45) is 10.2 Å². The summed E-state index contributed by atoms with van der Waals surface area (Å²) in [5.74, 6) is 1.14. The first-order valence-corrected chi connectivity index (χ1v) is 6.87. The Labute approximate surface area is 133 Å². The molecule has 4 N–H and O–H groups in total. The quantitative estimate of drug-likeness (QED) is 0.499. The zero-order valence-corrected chi connectivity index (χ0v) is 12.4. The van der Waals surface area contributed by atoms with Crippen LogP contribution < -0.4 is 26.2 Å². The number of guanidine groups is 1. The minimum absolute atomic E-state index is 0.0828. The van der Waals surface area contributed by atoms with Gasteiger partial charge in [0.1, 0.15) is 11.5 Å². The Morgan fingerprint density at radius 2 is 2.09 bits per heavy atom. The lowest BCUT2D eigenvalue weighted by Gasteiger charge is -2.17. The molecule has 0 atom stereocenters. The van der Waals surface area contributed by atoms with Crippen LogP contribution in [-0.2, 0) is 0 Å². The van der Waals surface area contributed by atoms with E-state index in [1.165, 1.54) is 12.3 Å². The van der Waals surface area contributed by atoms with E-state index in [9.17, 15) is 5.11 Å². The third kappa shape index (κ3) is 3.33. The summed E-state index contributed by atoms with van der Waals surface area (Å²) in [7, 11) is 1.54. The van der Waals surface area contributed by atoms with E-state index < -0.39 is 0 Å². The van der Waals surface area contributed by atoms with Gasteiger partial charge in [-0.3, -0.25) is 0 Å². The predicted octanol–water partition coefficient (Wildman–Crippen LogP) is 1.12. The minimum Gasteiger partial charge on any atom is -0.507 e. The van der Waals surface area contributed by atoms with Crippen LogP contribution in [0.5, 0.6) is 11.5 Å². The number of methoxy groups -OCH3 is 1. The molecule has 2 aromatic rings. The summed E-state index contributed by atoms with van der Waals surface area (Å²) in [5, 5.41) is 19.7. The summed E-state index contributed by atoms with van der Waals surface area (Å²) in [5.41, 5.74) is 9.80. The molecule has 8 nitrogen and oxygen atoms in total. The van der Waals surface area contributed by atoms with E-state index in [0.29, 0.717) is 17.3 Å². The van der Waals surface area contributed by atoms with Crippen molar-refractivity contribution in [1.82, 2.24) is 16.5 Å². The number of hydrogen-bond donors (Lipinski definition) is 4. The Morgan fingerprint density at radius 3 is 2.83 bits per heavy atom. The molecule has 1 aliphatic heterocycles. The van der Waals surface area contributed by atoms with E-state index in [-0.39, 0.29) is 5.75 Å². The summed E-state index contributed by atoms with van der Waals surface area (Å²) in [4.78, 5) is 0. The highest BCUT2D eigenvalue weighted by molar-refractivity contribution is 5.96. The molecule has 0 aliphatic carbocycles. The summed E-state index contributed by atoms with van der Waals surface area (Å²) in [6.45, 7) is 0. The van der Waals surface area contributed by atoms with Crippen LogP contribution in [0.1, 0.15) is 5.56 Å². The Hall–Kier alpha value is -3.26. The van der Waals surface area contributed by atoms with Crippen LogP contribution >= 0.6 is 0 Å². The van der Waals surface area contributed by atoms with Crippen LogP contribution in [0.3, 0.4) is 0 Å². The highest BCUT2D eigenvalue weighted by Gasteiger charge is 2.17. The van der Waals surface area contributed by atoms with Crippen molar-refractivity contribution in [3.8, 4) is 11.5 Å². The van der Waals surface area contributed by atoms with Gasteiger partial charge in [-0.1, -0.05) is 18.2 Å². The molecule has 0 saturated carbocycles. The number of rotatable bonds is 4. The van der Waals surface area contributed by atoms with Crippen LogP contribution in [0, 0.1) is 0 Å². The van der Waals surface area contributed by atoms with Crippen molar-refractivity contribution in [2.45, 2.75) is 0 Å². The highest BCUT2D eigenvalue weighted by atomic mass is 16.5. The lowest BCUT2D eigenvalue weighted by molar-refractivity contribution is 0.407. The average Bonchev–Trinajstić information content (AvgIpc) is 3.05. The third-order valence-electron chi connectivity index (χ3n) is 3.16. The van der Waals surface area contributed by atoms with Crippen molar-refractivity contribution in [2.75, 3.05) is 12.1 Å². The molecule has 2 aromatic carbocycles. The monoisotopic (exact) mass is 312 g/mol. The molecule has 1 aliphatic rings. The molecule has 0 saturated heterocycles. The Balaban J connectivity index is 1.68. The zero-order chi connectivity index (χ0) is 16.1. The van der Waals surface area contributed by atoms with Gasteiger partial charge in [-0.25, -0.2) is 16.0 Å². The number of nitrogens with one attached hydrogen (secondary N) is 3. The molecular weight excluding hydrogens is 296 g/mol. The van der Waals surface area contributed by atoms with Gasteiger partial charge in [0, 0.05) is 11.6 Å². The fourth-order valence-corrected chi connectivity index (χ4v) is 1.99. The Kier molecular flexibility index (Phi) is 4.25. The molecule has 23 heavy (non-hydrogen) atoms. The van der Waals surface area contributed by atoms with E-state index in [4.69, 9.17) is 4.74 Å². The zero-order valence-electron chi connectivity index (χ0n) is 12.4. The highest BCUT2D eigenvalue weighted by Crippen LogP contribution is 2.21. The van der Waals surface area contributed by atoms with Crippen LogP contribution in [-0.4, -0.2) is 24.4 Å². The van der Waals surface area contributed by atoms with Gasteiger partial charge in [-0.15, -0.1) is 10.6 Å². The van der Waals surface area contributed by atoms with E-state index in [0.717, 1.165) is 5.69 Å². The number of nitrogens with zero attached hydrogens (tertiary/aromatic N) is 3. The molecule has 0 bridgehead atoms. The number of hydrazone groups is 2. The number of phenols is 1. The van der Waals surface area contributed by atoms with Gasteiger partial charge in [-0.05, 0) is 24.3 Å². The molecule has 3 rings (SSSR count). The molecule has 0 unspecified atom stereocenters. The van der Waals surface area contributed by atoms with Crippen molar-refractivity contribution in [1.29, 1.82) is 0 Å². The molecule has 0 fully saturated rings. The minimum atomic E-state index is 0.0828. The SMILES string of the molecule is COc1ccc(/C=N/NC2=NNNN2c2ccccc2)c(O)c1. The van der Waals surface area contributed by atoms with Crippen LogP contribution in [0.15, 0.2) is 58.7 Å². The van der Waals surface area contributed by atoms with Gasteiger partial charge in [0.2, 0.25) is 0 Å². The number of para-hydroxylation sites is 1. The summed E-state index contributed by atoms with van der Waals surface area (Å²) < 4.78 is 5.04. The molecule has 0 aromatic heterocycles. The maximum absolute atomic E-state index is 9.88. The topological polar surface area (TPSA) is 93.5 Å². The number of ether oxygens (including phenoxy) is 1. The molecule has 8 heteroatoms. The molecule has 0 amide bonds. The molecule has 1 heterocycles. The van der Waals surface area contributed by atoms with Crippen molar-refractivity contribution < 1.29 is 9.84 Å². The van der Waals surface area contributed by atoms with E-state index in [2.05, 4.69) is 26.7 Å².